The average Bonchev–Trinajstić information content (AvgIpc) is 2.83. The second kappa shape index (κ2) is 5.74. The van der Waals surface area contributed by atoms with E-state index in [9.17, 15) is 4.79 Å². The summed E-state index contributed by atoms with van der Waals surface area (Å²) in [5.74, 6) is 1.36. The molecule has 2 amide bonds. The third-order valence-electron chi connectivity index (χ3n) is 4.38. The second-order valence-corrected chi connectivity index (χ2v) is 5.94. The summed E-state index contributed by atoms with van der Waals surface area (Å²) in [6, 6.07) is 0.594. The topological polar surface area (TPSA) is 32.3 Å². The smallest absolute Gasteiger partial charge is 0.317 e. The Hall–Kier alpha value is -0.730. The number of amides is 2. The van der Waals surface area contributed by atoms with Crippen LogP contribution in [0.2, 0.25) is 0 Å². The number of likely N-dealkylation sites (tertiary alicyclic amines) is 1. The van der Waals surface area contributed by atoms with E-state index in [2.05, 4.69) is 19.2 Å². The summed E-state index contributed by atoms with van der Waals surface area (Å²) in [6.07, 6.45) is 7.40. The normalized spacial score (nSPS) is 29.7. The van der Waals surface area contributed by atoms with E-state index in [-0.39, 0.29) is 6.03 Å². The van der Waals surface area contributed by atoms with Gasteiger partial charge in [0.25, 0.3) is 0 Å². The molecule has 3 nitrogen and oxygen atoms in total. The van der Waals surface area contributed by atoms with Gasteiger partial charge in [0, 0.05) is 19.1 Å². The van der Waals surface area contributed by atoms with Crippen molar-refractivity contribution in [1.29, 1.82) is 0 Å². The fourth-order valence-corrected chi connectivity index (χ4v) is 3.31. The van der Waals surface area contributed by atoms with Gasteiger partial charge in [0.2, 0.25) is 0 Å². The van der Waals surface area contributed by atoms with Crippen LogP contribution in [0, 0.1) is 11.8 Å². The maximum atomic E-state index is 12.1. The molecule has 1 N–H and O–H groups in total. The van der Waals surface area contributed by atoms with Crippen molar-refractivity contribution in [2.24, 2.45) is 11.8 Å². The first-order valence-electron chi connectivity index (χ1n) is 7.24. The maximum Gasteiger partial charge on any atom is 0.317 e. The van der Waals surface area contributed by atoms with Crippen molar-refractivity contribution in [3.63, 3.8) is 0 Å². The summed E-state index contributed by atoms with van der Waals surface area (Å²) in [6.45, 7) is 6.46. The molecule has 0 aromatic carbocycles. The Morgan fingerprint density at radius 2 is 1.76 bits per heavy atom. The quantitative estimate of drug-likeness (QED) is 0.788. The Bertz CT molecular complexity index is 259. The molecule has 0 unspecified atom stereocenters. The predicted octanol–water partition coefficient (Wildman–Crippen LogP) is 3.01. The largest absolute Gasteiger partial charge is 0.335 e. The number of nitrogens with one attached hydrogen (secondary N) is 1. The van der Waals surface area contributed by atoms with Crippen LogP contribution in [0.15, 0.2) is 0 Å². The molecule has 1 saturated heterocycles. The van der Waals surface area contributed by atoms with Crippen LogP contribution in [0.1, 0.15) is 52.4 Å². The second-order valence-electron chi connectivity index (χ2n) is 5.94. The van der Waals surface area contributed by atoms with Crippen molar-refractivity contribution >= 4 is 6.03 Å². The van der Waals surface area contributed by atoms with E-state index < -0.39 is 0 Å². The summed E-state index contributed by atoms with van der Waals surface area (Å²) < 4.78 is 0. The molecule has 0 bridgehead atoms. The number of hydrogen-bond acceptors (Lipinski definition) is 1. The highest BCUT2D eigenvalue weighted by Crippen LogP contribution is 2.30. The van der Waals surface area contributed by atoms with Gasteiger partial charge in [0.15, 0.2) is 0 Å². The molecule has 98 valence electrons. The van der Waals surface area contributed by atoms with Crippen LogP contribution in [0.25, 0.3) is 0 Å². The van der Waals surface area contributed by atoms with E-state index in [1.54, 1.807) is 0 Å². The van der Waals surface area contributed by atoms with E-state index in [0.29, 0.717) is 17.9 Å². The first-order valence-corrected chi connectivity index (χ1v) is 7.24. The van der Waals surface area contributed by atoms with Crippen LogP contribution in [0.4, 0.5) is 4.79 Å². The molecule has 0 radical (unpaired) electrons. The van der Waals surface area contributed by atoms with Crippen molar-refractivity contribution in [2.45, 2.75) is 58.4 Å². The van der Waals surface area contributed by atoms with Gasteiger partial charge in [-0.05, 0) is 37.5 Å². The molecule has 3 heteroatoms. The van der Waals surface area contributed by atoms with Crippen LogP contribution in [-0.4, -0.2) is 30.1 Å². The molecule has 2 aliphatic rings. The van der Waals surface area contributed by atoms with Crippen LogP contribution in [-0.2, 0) is 0 Å². The Morgan fingerprint density at radius 3 is 2.41 bits per heavy atom. The first-order chi connectivity index (χ1) is 8.18. The van der Waals surface area contributed by atoms with Gasteiger partial charge in [-0.25, -0.2) is 4.79 Å². The molecule has 2 rings (SSSR count). The van der Waals surface area contributed by atoms with Crippen molar-refractivity contribution in [3.05, 3.63) is 0 Å². The monoisotopic (exact) mass is 238 g/mol. The van der Waals surface area contributed by atoms with Gasteiger partial charge in [0.1, 0.15) is 0 Å². The van der Waals surface area contributed by atoms with Crippen molar-refractivity contribution in [1.82, 2.24) is 10.2 Å². The zero-order valence-corrected chi connectivity index (χ0v) is 11.2. The third-order valence-corrected chi connectivity index (χ3v) is 4.38. The van der Waals surface area contributed by atoms with Gasteiger partial charge < -0.3 is 10.2 Å². The van der Waals surface area contributed by atoms with Gasteiger partial charge in [-0.15, -0.1) is 0 Å². The van der Waals surface area contributed by atoms with Crippen molar-refractivity contribution in [2.75, 3.05) is 13.1 Å². The molecule has 0 aromatic rings. The standard InChI is InChI=1S/C14H26N2O/c1-11(2)12-7-3-4-8-13(12)15-14(17)16-9-5-6-10-16/h11-13H,3-10H2,1-2H3,(H,15,17)/t12-,13+/m0/s1. The fraction of sp³-hybridized carbons (Fsp3) is 0.929. The van der Waals surface area contributed by atoms with Crippen molar-refractivity contribution < 1.29 is 4.79 Å². The minimum Gasteiger partial charge on any atom is -0.335 e. The van der Waals surface area contributed by atoms with Gasteiger partial charge in [0.05, 0.1) is 0 Å². The molecule has 1 heterocycles. The Morgan fingerprint density at radius 1 is 1.12 bits per heavy atom. The van der Waals surface area contributed by atoms with Crippen LogP contribution < -0.4 is 5.32 Å². The van der Waals surface area contributed by atoms with Gasteiger partial charge in [-0.2, -0.15) is 0 Å². The summed E-state index contributed by atoms with van der Waals surface area (Å²) >= 11 is 0. The summed E-state index contributed by atoms with van der Waals surface area (Å²) in [4.78, 5) is 14.1. The summed E-state index contributed by atoms with van der Waals surface area (Å²) in [7, 11) is 0. The molecule has 0 aromatic heterocycles. The first kappa shape index (κ1) is 12.7. The highest BCUT2D eigenvalue weighted by atomic mass is 16.2. The number of hydrogen-bond donors (Lipinski definition) is 1. The molecule has 1 saturated carbocycles. The number of carbonyl (C=O) groups is 1. The van der Waals surface area contributed by atoms with E-state index in [0.717, 1.165) is 13.1 Å². The minimum atomic E-state index is 0.181. The lowest BCUT2D eigenvalue weighted by atomic mass is 9.78. The van der Waals surface area contributed by atoms with E-state index in [1.165, 1.54) is 38.5 Å². The number of nitrogens with zero attached hydrogens (tertiary/aromatic N) is 1. The molecule has 2 fully saturated rings. The summed E-state index contributed by atoms with van der Waals surface area (Å²) in [5, 5.41) is 3.28. The lowest BCUT2D eigenvalue weighted by molar-refractivity contribution is 0.174. The van der Waals surface area contributed by atoms with Crippen molar-refractivity contribution in [3.8, 4) is 0 Å². The number of carbonyl (C=O) groups excluding carboxylic acids is 1. The SMILES string of the molecule is CC(C)[C@@H]1CCCC[C@H]1NC(=O)N1CCCC1. The Kier molecular flexibility index (Phi) is 4.30. The van der Waals surface area contributed by atoms with Gasteiger partial charge in [-0.1, -0.05) is 26.7 Å². The number of rotatable bonds is 2. The molecular formula is C14H26N2O. The molecular weight excluding hydrogens is 212 g/mol. The Labute approximate surface area is 105 Å². The minimum absolute atomic E-state index is 0.181. The van der Waals surface area contributed by atoms with E-state index in [1.807, 2.05) is 4.90 Å². The molecule has 0 spiro atoms. The lowest BCUT2D eigenvalue weighted by Gasteiger charge is -2.35. The molecule has 17 heavy (non-hydrogen) atoms. The zero-order chi connectivity index (χ0) is 12.3. The summed E-state index contributed by atoms with van der Waals surface area (Å²) in [5.41, 5.74) is 0. The lowest BCUT2D eigenvalue weighted by Crippen LogP contribution is -2.48. The Balaban J connectivity index is 1.88. The highest BCUT2D eigenvalue weighted by molar-refractivity contribution is 5.74. The van der Waals surface area contributed by atoms with E-state index in [4.69, 9.17) is 0 Å². The molecule has 1 aliphatic carbocycles. The fourth-order valence-electron chi connectivity index (χ4n) is 3.31. The van der Waals surface area contributed by atoms with E-state index >= 15 is 0 Å². The molecule has 2 atom stereocenters. The van der Waals surface area contributed by atoms with Gasteiger partial charge in [-0.3, -0.25) is 0 Å². The van der Waals surface area contributed by atoms with Gasteiger partial charge >= 0.3 is 6.03 Å². The van der Waals surface area contributed by atoms with Crippen LogP contribution >= 0.6 is 0 Å². The van der Waals surface area contributed by atoms with Crippen LogP contribution in [0.3, 0.4) is 0 Å². The third kappa shape index (κ3) is 3.14. The molecule has 1 aliphatic heterocycles. The zero-order valence-electron chi connectivity index (χ0n) is 11.2. The van der Waals surface area contributed by atoms with Crippen LogP contribution in [0.5, 0.6) is 0 Å². The average molecular weight is 238 g/mol. The maximum absolute atomic E-state index is 12.1. The number of urea groups is 1. The highest BCUT2D eigenvalue weighted by Gasteiger charge is 2.30. The predicted molar refractivity (Wildman–Crippen MR) is 69.9 cm³/mol.